The number of rotatable bonds is 60. The maximum Gasteiger partial charge on any atom is 0.306 e. The summed E-state index contributed by atoms with van der Waals surface area (Å²) >= 11 is 0. The Morgan fingerprint density at radius 2 is 0.487 bits per heavy atom. The molecule has 80 heavy (non-hydrogen) atoms. The lowest BCUT2D eigenvalue weighted by molar-refractivity contribution is -0.167. The van der Waals surface area contributed by atoms with E-state index < -0.39 is 6.10 Å². The van der Waals surface area contributed by atoms with E-state index >= 15 is 0 Å². The first-order valence-electron chi connectivity index (χ1n) is 33.5. The fraction of sp³-hybridized carbons (Fsp3) is 0.689. The second-order valence-electron chi connectivity index (χ2n) is 22.0. The second kappa shape index (κ2) is 67.3. The molecule has 0 aliphatic heterocycles. The van der Waals surface area contributed by atoms with Gasteiger partial charge in [0.05, 0.1) is 0 Å². The smallest absolute Gasteiger partial charge is 0.306 e. The molecule has 0 spiro atoms. The highest BCUT2D eigenvalue weighted by Crippen LogP contribution is 2.16. The van der Waals surface area contributed by atoms with E-state index in [9.17, 15) is 14.4 Å². The Labute approximate surface area is 494 Å². The van der Waals surface area contributed by atoms with Crippen molar-refractivity contribution in [2.24, 2.45) is 0 Å². The normalized spacial score (nSPS) is 12.9. The molecule has 0 radical (unpaired) electrons. The number of ether oxygens (including phenoxy) is 3. The minimum atomic E-state index is -0.805. The van der Waals surface area contributed by atoms with Crippen LogP contribution in [0.5, 0.6) is 0 Å². The van der Waals surface area contributed by atoms with Gasteiger partial charge in [0.25, 0.3) is 0 Å². The van der Waals surface area contributed by atoms with E-state index in [1.54, 1.807) is 0 Å². The van der Waals surface area contributed by atoms with Gasteiger partial charge >= 0.3 is 17.9 Å². The molecular weight excluding hydrogens is 985 g/mol. The molecule has 0 saturated carbocycles. The van der Waals surface area contributed by atoms with Crippen LogP contribution in [0.1, 0.15) is 310 Å². The van der Waals surface area contributed by atoms with E-state index in [1.807, 2.05) is 0 Å². The maximum absolute atomic E-state index is 12.9. The molecule has 6 nitrogen and oxygen atoms in total. The molecule has 0 amide bonds. The number of esters is 3. The van der Waals surface area contributed by atoms with Gasteiger partial charge in [0.2, 0.25) is 0 Å². The Hall–Kier alpha value is -4.19. The van der Waals surface area contributed by atoms with Crippen LogP contribution in [0.2, 0.25) is 0 Å². The standard InChI is InChI=1S/C74H124O6/c1-4-7-10-13-16-19-22-25-28-29-30-31-32-33-34-35-36-37-38-39-40-41-42-43-44-45-47-49-52-55-58-61-64-67-73(76)79-70-71(69-78-72(75)66-63-60-57-54-51-48-27-24-21-18-15-12-9-6-3)80-74(77)68-65-62-59-56-53-50-46-26-23-20-17-14-11-8-5-2/h7-8,10-11,16-17,19-20,24-28,30-31,33-34,46,53,56,71H,4-6,9,12-15,18,21-23,29,32,35-45,47-52,54-55,57-70H2,1-3H3/b10-7-,11-8-,19-16-,20-17-,27-24-,28-25-,31-30-,34-33-,46-26-,56-53-. The number of carbonyl (C=O) groups is 3. The van der Waals surface area contributed by atoms with E-state index in [0.29, 0.717) is 19.3 Å². The number of unbranched alkanes of at least 4 members (excludes halogenated alkanes) is 29. The number of carbonyl (C=O) groups excluding carboxylic acids is 3. The van der Waals surface area contributed by atoms with Gasteiger partial charge in [-0.15, -0.1) is 0 Å². The average Bonchev–Trinajstić information content (AvgIpc) is 3.46. The van der Waals surface area contributed by atoms with Crippen LogP contribution in [0.25, 0.3) is 0 Å². The molecule has 0 aromatic carbocycles. The molecule has 0 N–H and O–H groups in total. The van der Waals surface area contributed by atoms with Crippen LogP contribution in [-0.4, -0.2) is 37.2 Å². The highest BCUT2D eigenvalue weighted by atomic mass is 16.6. The van der Waals surface area contributed by atoms with Crippen molar-refractivity contribution in [3.05, 3.63) is 122 Å². The summed E-state index contributed by atoms with van der Waals surface area (Å²) in [6.45, 7) is 6.38. The number of allylic oxidation sites excluding steroid dienone is 20. The SMILES string of the molecule is CC/C=C\C/C=C\C/C=C\C/C=C\C/C=C\CCCCCCCCCCCCCCCCCCCC(=O)OCC(COC(=O)CCCCCCC/C=C\CCCCCCC)OC(=O)CCCC/C=C\C/C=C\C/C=C\C/C=C\CC. The molecule has 0 saturated heterocycles. The van der Waals surface area contributed by atoms with Gasteiger partial charge in [0.15, 0.2) is 6.10 Å². The van der Waals surface area contributed by atoms with Gasteiger partial charge in [0, 0.05) is 19.3 Å². The van der Waals surface area contributed by atoms with Crippen molar-refractivity contribution in [1.29, 1.82) is 0 Å². The Balaban J connectivity index is 4.21. The summed E-state index contributed by atoms with van der Waals surface area (Å²) in [7, 11) is 0. The first-order chi connectivity index (χ1) is 39.5. The third-order valence-electron chi connectivity index (χ3n) is 14.2. The van der Waals surface area contributed by atoms with Gasteiger partial charge in [-0.2, -0.15) is 0 Å². The van der Waals surface area contributed by atoms with Crippen molar-refractivity contribution in [3.63, 3.8) is 0 Å². The summed E-state index contributed by atoms with van der Waals surface area (Å²) in [4.78, 5) is 38.3. The van der Waals surface area contributed by atoms with Crippen molar-refractivity contribution in [3.8, 4) is 0 Å². The van der Waals surface area contributed by atoms with Crippen molar-refractivity contribution in [2.45, 2.75) is 316 Å². The quantitative estimate of drug-likeness (QED) is 0.0261. The zero-order valence-corrected chi connectivity index (χ0v) is 52.3. The molecule has 1 unspecified atom stereocenters. The molecule has 0 aromatic heterocycles. The molecule has 0 heterocycles. The van der Waals surface area contributed by atoms with Gasteiger partial charge in [-0.25, -0.2) is 0 Å². The zero-order chi connectivity index (χ0) is 57.8. The highest BCUT2D eigenvalue weighted by molar-refractivity contribution is 5.71. The minimum Gasteiger partial charge on any atom is -0.462 e. The van der Waals surface area contributed by atoms with E-state index in [1.165, 1.54) is 148 Å². The minimum absolute atomic E-state index is 0.0966. The monoisotopic (exact) mass is 1110 g/mol. The summed E-state index contributed by atoms with van der Waals surface area (Å²) in [5.41, 5.74) is 0. The molecule has 0 aromatic rings. The van der Waals surface area contributed by atoms with E-state index in [0.717, 1.165) is 116 Å². The first kappa shape index (κ1) is 75.8. The fourth-order valence-electron chi connectivity index (χ4n) is 9.22. The third-order valence-corrected chi connectivity index (χ3v) is 14.2. The topological polar surface area (TPSA) is 78.9 Å². The van der Waals surface area contributed by atoms with Crippen molar-refractivity contribution < 1.29 is 28.6 Å². The molecule has 1 atom stereocenters. The highest BCUT2D eigenvalue weighted by Gasteiger charge is 2.19. The zero-order valence-electron chi connectivity index (χ0n) is 52.3. The molecule has 6 heteroatoms. The fourth-order valence-corrected chi connectivity index (χ4v) is 9.22. The molecule has 0 fully saturated rings. The van der Waals surface area contributed by atoms with Crippen LogP contribution in [0.15, 0.2) is 122 Å². The molecule has 0 bridgehead atoms. The molecule has 0 aliphatic rings. The van der Waals surface area contributed by atoms with Crippen molar-refractivity contribution >= 4 is 17.9 Å². The lowest BCUT2D eigenvalue weighted by Gasteiger charge is -2.18. The van der Waals surface area contributed by atoms with Crippen LogP contribution in [0.3, 0.4) is 0 Å². The van der Waals surface area contributed by atoms with Crippen LogP contribution in [-0.2, 0) is 28.6 Å². The molecule has 456 valence electrons. The number of hydrogen-bond acceptors (Lipinski definition) is 6. The van der Waals surface area contributed by atoms with Crippen molar-refractivity contribution in [2.75, 3.05) is 13.2 Å². The van der Waals surface area contributed by atoms with E-state index in [-0.39, 0.29) is 37.5 Å². The third kappa shape index (κ3) is 64.6. The van der Waals surface area contributed by atoms with Gasteiger partial charge in [-0.05, 0) is 128 Å². The van der Waals surface area contributed by atoms with Gasteiger partial charge in [-0.3, -0.25) is 14.4 Å². The Kier molecular flexibility index (Phi) is 63.8. The second-order valence-corrected chi connectivity index (χ2v) is 22.0. The summed E-state index contributed by atoms with van der Waals surface area (Å²) in [6, 6.07) is 0. The van der Waals surface area contributed by atoms with Gasteiger partial charge in [0.1, 0.15) is 13.2 Å². The van der Waals surface area contributed by atoms with Crippen molar-refractivity contribution in [1.82, 2.24) is 0 Å². The number of hydrogen-bond donors (Lipinski definition) is 0. The Bertz CT molecular complexity index is 1650. The molecule has 0 rings (SSSR count). The first-order valence-corrected chi connectivity index (χ1v) is 33.5. The van der Waals surface area contributed by atoms with Gasteiger partial charge < -0.3 is 14.2 Å². The summed E-state index contributed by atoms with van der Waals surface area (Å²) < 4.78 is 16.9. The van der Waals surface area contributed by atoms with Crippen LogP contribution < -0.4 is 0 Å². The molecule has 0 aliphatic carbocycles. The Morgan fingerprint density at radius 1 is 0.263 bits per heavy atom. The lowest BCUT2D eigenvalue weighted by atomic mass is 10.0. The summed E-state index contributed by atoms with van der Waals surface area (Å²) in [5, 5.41) is 0. The summed E-state index contributed by atoms with van der Waals surface area (Å²) in [6.07, 6.45) is 93.7. The van der Waals surface area contributed by atoms with Crippen LogP contribution in [0, 0.1) is 0 Å². The predicted molar refractivity (Wildman–Crippen MR) is 348 cm³/mol. The average molecular weight is 1110 g/mol. The summed E-state index contributed by atoms with van der Waals surface area (Å²) in [5.74, 6) is -0.940. The maximum atomic E-state index is 12.9. The largest absolute Gasteiger partial charge is 0.462 e. The van der Waals surface area contributed by atoms with E-state index in [4.69, 9.17) is 14.2 Å². The Morgan fingerprint density at radius 3 is 0.800 bits per heavy atom. The lowest BCUT2D eigenvalue weighted by Crippen LogP contribution is -2.30. The van der Waals surface area contributed by atoms with E-state index in [2.05, 4.69) is 142 Å². The molecular formula is C74H124O6. The van der Waals surface area contributed by atoms with Gasteiger partial charge in [-0.1, -0.05) is 284 Å². The van der Waals surface area contributed by atoms with Crippen LogP contribution >= 0.6 is 0 Å². The predicted octanol–water partition coefficient (Wildman–Crippen LogP) is 23.2. The van der Waals surface area contributed by atoms with Crippen LogP contribution in [0.4, 0.5) is 0 Å².